The third-order valence-electron chi connectivity index (χ3n) is 5.06. The van der Waals surface area contributed by atoms with Gasteiger partial charge in [-0.15, -0.1) is 0 Å². The van der Waals surface area contributed by atoms with Gasteiger partial charge < -0.3 is 13.9 Å². The summed E-state index contributed by atoms with van der Waals surface area (Å²) in [5, 5.41) is 0.307. The summed E-state index contributed by atoms with van der Waals surface area (Å²) in [7, 11) is 0. The molecule has 1 aliphatic rings. The minimum absolute atomic E-state index is 0.0882. The summed E-state index contributed by atoms with van der Waals surface area (Å²) in [6, 6.07) is 10.2. The molecule has 0 unspecified atom stereocenters. The molecular weight excluding hydrogens is 352 g/mol. The van der Waals surface area contributed by atoms with Gasteiger partial charge in [-0.1, -0.05) is 55.8 Å². The fourth-order valence-electron chi connectivity index (χ4n) is 3.64. The van der Waals surface area contributed by atoms with Gasteiger partial charge in [-0.05, 0) is 12.0 Å². The molecular formula is C20H21ClN2O3. The fraction of sp³-hybridized carbons (Fsp3) is 0.400. The standard InChI is InChI=1S/C20H21ClN2O3/c1-3-15-12(2)17(24-9-13-7-5-4-6-8-13)18(26-15)14-10-25-19-16(14)22-11-23-20(19)21/h4-8,10-12,15,17-18H,3,9H2,1-2H3/t12-,15-,17-,18+/m1/s1. The number of hydrogen-bond donors (Lipinski definition) is 0. The highest BCUT2D eigenvalue weighted by Gasteiger charge is 2.44. The number of nitrogens with zero attached hydrogens (tertiary/aromatic N) is 2. The third kappa shape index (κ3) is 3.11. The van der Waals surface area contributed by atoms with Crippen LogP contribution >= 0.6 is 11.6 Å². The van der Waals surface area contributed by atoms with E-state index in [9.17, 15) is 0 Å². The molecule has 2 aromatic heterocycles. The van der Waals surface area contributed by atoms with Gasteiger partial charge in [0.1, 0.15) is 17.9 Å². The molecule has 0 spiro atoms. The minimum atomic E-state index is -0.245. The van der Waals surface area contributed by atoms with Crippen LogP contribution in [0.15, 0.2) is 47.3 Å². The fourth-order valence-corrected chi connectivity index (χ4v) is 3.82. The highest BCUT2D eigenvalue weighted by atomic mass is 35.5. The van der Waals surface area contributed by atoms with Gasteiger partial charge in [0.15, 0.2) is 10.7 Å². The molecule has 4 atom stereocenters. The van der Waals surface area contributed by atoms with Gasteiger partial charge in [0.2, 0.25) is 0 Å². The molecule has 6 heteroatoms. The zero-order valence-electron chi connectivity index (χ0n) is 14.8. The van der Waals surface area contributed by atoms with Crippen molar-refractivity contribution >= 4 is 22.7 Å². The second-order valence-electron chi connectivity index (χ2n) is 6.66. The van der Waals surface area contributed by atoms with Gasteiger partial charge in [-0.3, -0.25) is 0 Å². The van der Waals surface area contributed by atoms with Crippen molar-refractivity contribution in [3.8, 4) is 0 Å². The summed E-state index contributed by atoms with van der Waals surface area (Å²) >= 11 is 6.12. The highest BCUT2D eigenvalue weighted by molar-refractivity contribution is 6.33. The maximum Gasteiger partial charge on any atom is 0.189 e. The number of furan rings is 1. The number of halogens is 1. The number of hydrogen-bond acceptors (Lipinski definition) is 5. The molecule has 1 aliphatic heterocycles. The molecule has 1 saturated heterocycles. The Balaban J connectivity index is 1.64. The number of benzene rings is 1. The lowest BCUT2D eigenvalue weighted by Crippen LogP contribution is -2.25. The van der Waals surface area contributed by atoms with Crippen LogP contribution in [0.2, 0.25) is 5.15 Å². The molecule has 0 amide bonds. The third-order valence-corrected chi connectivity index (χ3v) is 5.33. The SMILES string of the molecule is CC[C@H]1O[C@@H](c2coc3c(Cl)ncnc23)[C@H](OCc2ccccc2)[C@@H]1C. The Morgan fingerprint density at radius 2 is 2.00 bits per heavy atom. The average molecular weight is 373 g/mol. The first-order valence-electron chi connectivity index (χ1n) is 8.87. The first kappa shape index (κ1) is 17.5. The molecule has 26 heavy (non-hydrogen) atoms. The van der Waals surface area contributed by atoms with Crippen molar-refractivity contribution in [2.75, 3.05) is 0 Å². The van der Waals surface area contributed by atoms with Crippen molar-refractivity contribution in [1.82, 2.24) is 9.97 Å². The Morgan fingerprint density at radius 3 is 2.77 bits per heavy atom. The van der Waals surface area contributed by atoms with Crippen LogP contribution < -0.4 is 0 Å². The number of rotatable bonds is 5. The lowest BCUT2D eigenvalue weighted by Gasteiger charge is -2.21. The molecule has 0 N–H and O–H groups in total. The van der Waals surface area contributed by atoms with Gasteiger partial charge in [0, 0.05) is 11.5 Å². The zero-order chi connectivity index (χ0) is 18.1. The van der Waals surface area contributed by atoms with E-state index in [1.54, 1.807) is 6.26 Å². The zero-order valence-corrected chi connectivity index (χ0v) is 15.5. The van der Waals surface area contributed by atoms with Crippen LogP contribution in [-0.4, -0.2) is 22.2 Å². The summed E-state index contributed by atoms with van der Waals surface area (Å²) in [6.07, 6.45) is 3.83. The lowest BCUT2D eigenvalue weighted by molar-refractivity contribution is -0.0334. The van der Waals surface area contributed by atoms with E-state index >= 15 is 0 Å². The molecule has 3 aromatic rings. The van der Waals surface area contributed by atoms with E-state index in [-0.39, 0.29) is 24.2 Å². The molecule has 4 rings (SSSR count). The van der Waals surface area contributed by atoms with Crippen LogP contribution in [0.1, 0.15) is 37.5 Å². The highest BCUT2D eigenvalue weighted by Crippen LogP contribution is 2.43. The first-order valence-corrected chi connectivity index (χ1v) is 9.25. The van der Waals surface area contributed by atoms with Crippen molar-refractivity contribution in [3.05, 3.63) is 59.2 Å². The van der Waals surface area contributed by atoms with Crippen LogP contribution in [0.25, 0.3) is 11.1 Å². The molecule has 1 fully saturated rings. The second-order valence-corrected chi connectivity index (χ2v) is 7.01. The van der Waals surface area contributed by atoms with Crippen molar-refractivity contribution in [1.29, 1.82) is 0 Å². The van der Waals surface area contributed by atoms with Gasteiger partial charge in [0.25, 0.3) is 0 Å². The molecule has 136 valence electrons. The van der Waals surface area contributed by atoms with E-state index in [4.69, 9.17) is 25.5 Å². The average Bonchev–Trinajstić information content (AvgIpc) is 3.23. The number of ether oxygens (including phenoxy) is 2. The van der Waals surface area contributed by atoms with E-state index in [1.165, 1.54) is 6.33 Å². The Kier molecular flexibility index (Phi) is 4.94. The normalized spacial score (nSPS) is 25.8. The minimum Gasteiger partial charge on any atom is -0.459 e. The maximum atomic E-state index is 6.33. The largest absolute Gasteiger partial charge is 0.459 e. The van der Waals surface area contributed by atoms with E-state index in [2.05, 4.69) is 35.9 Å². The van der Waals surface area contributed by atoms with Gasteiger partial charge in [0.05, 0.1) is 25.1 Å². The van der Waals surface area contributed by atoms with Crippen molar-refractivity contribution in [3.63, 3.8) is 0 Å². The van der Waals surface area contributed by atoms with Gasteiger partial charge in [-0.2, -0.15) is 0 Å². The predicted octanol–water partition coefficient (Wildman–Crippen LogP) is 4.95. The summed E-state index contributed by atoms with van der Waals surface area (Å²) in [5.41, 5.74) is 3.18. The molecule has 1 aromatic carbocycles. The molecule has 5 nitrogen and oxygen atoms in total. The van der Waals surface area contributed by atoms with Crippen LogP contribution in [-0.2, 0) is 16.1 Å². The van der Waals surface area contributed by atoms with Crippen molar-refractivity contribution in [2.45, 2.75) is 45.2 Å². The van der Waals surface area contributed by atoms with Crippen LogP contribution in [0.3, 0.4) is 0 Å². The van der Waals surface area contributed by atoms with Gasteiger partial charge in [-0.25, -0.2) is 9.97 Å². The molecule has 0 bridgehead atoms. The van der Waals surface area contributed by atoms with E-state index in [1.807, 2.05) is 18.2 Å². The van der Waals surface area contributed by atoms with Gasteiger partial charge >= 0.3 is 0 Å². The quantitative estimate of drug-likeness (QED) is 0.593. The van der Waals surface area contributed by atoms with Crippen molar-refractivity contribution < 1.29 is 13.9 Å². The maximum absolute atomic E-state index is 6.33. The van der Waals surface area contributed by atoms with E-state index in [0.717, 1.165) is 17.5 Å². The summed E-state index contributed by atoms with van der Waals surface area (Å²) in [6.45, 7) is 4.84. The van der Waals surface area contributed by atoms with Crippen LogP contribution in [0, 0.1) is 5.92 Å². The summed E-state index contributed by atoms with van der Waals surface area (Å²) in [4.78, 5) is 8.33. The number of aromatic nitrogens is 2. The van der Waals surface area contributed by atoms with Crippen LogP contribution in [0.4, 0.5) is 0 Å². The Labute approximate surface area is 157 Å². The molecule has 0 radical (unpaired) electrons. The smallest absolute Gasteiger partial charge is 0.189 e. The molecule has 3 heterocycles. The van der Waals surface area contributed by atoms with E-state index < -0.39 is 0 Å². The van der Waals surface area contributed by atoms with Crippen LogP contribution in [0.5, 0.6) is 0 Å². The molecule has 0 aliphatic carbocycles. The Bertz CT molecular complexity index is 883. The van der Waals surface area contributed by atoms with Crippen molar-refractivity contribution in [2.24, 2.45) is 5.92 Å². The lowest BCUT2D eigenvalue weighted by atomic mass is 9.94. The topological polar surface area (TPSA) is 57.4 Å². The first-order chi connectivity index (χ1) is 12.7. The summed E-state index contributed by atoms with van der Waals surface area (Å²) in [5.74, 6) is 0.260. The Hall–Kier alpha value is -1.95. The predicted molar refractivity (Wildman–Crippen MR) is 98.9 cm³/mol. The monoisotopic (exact) mass is 372 g/mol. The Morgan fingerprint density at radius 1 is 1.19 bits per heavy atom. The summed E-state index contributed by atoms with van der Waals surface area (Å²) < 4.78 is 18.2. The second kappa shape index (κ2) is 7.35. The van der Waals surface area contributed by atoms with E-state index in [0.29, 0.717) is 22.9 Å². The number of fused-ring (bicyclic) bond motifs is 1. The molecule has 0 saturated carbocycles.